The van der Waals surface area contributed by atoms with Crippen molar-refractivity contribution in [2.24, 2.45) is 0 Å². The standard InChI is InChI=1S/C7H2ClF2NO2S/c8-14(12,13)6-2-5(9)1-4(3-11)7(6)10/h1-2H. The summed E-state index contributed by atoms with van der Waals surface area (Å²) in [5.41, 5.74) is -0.704. The number of hydrogen-bond acceptors (Lipinski definition) is 3. The summed E-state index contributed by atoms with van der Waals surface area (Å²) in [4.78, 5) is -1.03. The van der Waals surface area contributed by atoms with Gasteiger partial charge in [0.2, 0.25) is 0 Å². The molecule has 7 heteroatoms. The van der Waals surface area contributed by atoms with Crippen molar-refractivity contribution < 1.29 is 17.2 Å². The minimum atomic E-state index is -4.38. The molecule has 14 heavy (non-hydrogen) atoms. The summed E-state index contributed by atoms with van der Waals surface area (Å²) in [7, 11) is 0.438. The average molecular weight is 238 g/mol. The van der Waals surface area contributed by atoms with Crippen LogP contribution in [0.1, 0.15) is 5.56 Å². The Morgan fingerprint density at radius 2 is 1.93 bits per heavy atom. The maximum absolute atomic E-state index is 13.1. The summed E-state index contributed by atoms with van der Waals surface area (Å²) >= 11 is 0. The van der Waals surface area contributed by atoms with Crippen molar-refractivity contribution in [3.8, 4) is 6.07 Å². The first-order valence-electron chi connectivity index (χ1n) is 3.20. The summed E-state index contributed by atoms with van der Waals surface area (Å²) < 4.78 is 47.2. The van der Waals surface area contributed by atoms with Gasteiger partial charge >= 0.3 is 0 Å². The zero-order valence-corrected chi connectivity index (χ0v) is 8.03. The van der Waals surface area contributed by atoms with Crippen LogP contribution in [0.4, 0.5) is 8.78 Å². The third kappa shape index (κ3) is 2.00. The van der Waals surface area contributed by atoms with Crippen LogP contribution in [0.2, 0.25) is 0 Å². The van der Waals surface area contributed by atoms with Crippen LogP contribution in [0.5, 0.6) is 0 Å². The first kappa shape index (κ1) is 10.9. The van der Waals surface area contributed by atoms with Crippen molar-refractivity contribution in [3.63, 3.8) is 0 Å². The monoisotopic (exact) mass is 237 g/mol. The predicted octanol–water partition coefficient (Wildman–Crippen LogP) is 1.76. The molecule has 0 bridgehead atoms. The Morgan fingerprint density at radius 1 is 1.36 bits per heavy atom. The Hall–Kier alpha value is -1.19. The largest absolute Gasteiger partial charge is 0.264 e. The SMILES string of the molecule is N#Cc1cc(F)cc(S(=O)(=O)Cl)c1F. The number of nitriles is 1. The van der Waals surface area contributed by atoms with Crippen molar-refractivity contribution >= 4 is 19.7 Å². The molecule has 0 heterocycles. The molecular weight excluding hydrogens is 236 g/mol. The zero-order valence-electron chi connectivity index (χ0n) is 6.46. The van der Waals surface area contributed by atoms with Gasteiger partial charge < -0.3 is 0 Å². The van der Waals surface area contributed by atoms with Gasteiger partial charge in [-0.05, 0) is 12.1 Å². The second-order valence-electron chi connectivity index (χ2n) is 2.32. The fourth-order valence-corrected chi connectivity index (χ4v) is 1.74. The first-order chi connectivity index (χ1) is 6.36. The first-order valence-corrected chi connectivity index (χ1v) is 5.51. The highest BCUT2D eigenvalue weighted by atomic mass is 35.7. The molecule has 0 aliphatic heterocycles. The molecule has 1 aromatic rings. The molecule has 0 radical (unpaired) electrons. The van der Waals surface area contributed by atoms with Crippen LogP contribution in [-0.2, 0) is 9.05 Å². The lowest BCUT2D eigenvalue weighted by Crippen LogP contribution is -1.99. The highest BCUT2D eigenvalue weighted by Gasteiger charge is 2.20. The van der Waals surface area contributed by atoms with E-state index in [9.17, 15) is 17.2 Å². The van der Waals surface area contributed by atoms with E-state index in [0.717, 1.165) is 0 Å². The molecule has 0 aromatic heterocycles. The van der Waals surface area contributed by atoms with Crippen LogP contribution in [0.25, 0.3) is 0 Å². The van der Waals surface area contributed by atoms with E-state index < -0.39 is 31.1 Å². The second kappa shape index (κ2) is 3.52. The molecule has 0 spiro atoms. The van der Waals surface area contributed by atoms with Gasteiger partial charge in [-0.25, -0.2) is 17.2 Å². The van der Waals surface area contributed by atoms with E-state index in [1.54, 1.807) is 0 Å². The molecular formula is C7H2ClF2NO2S. The summed E-state index contributed by atoms with van der Waals surface area (Å²) in [5.74, 6) is -2.38. The zero-order chi connectivity index (χ0) is 10.9. The maximum Gasteiger partial charge on any atom is 0.264 e. The van der Waals surface area contributed by atoms with Gasteiger partial charge in [0.1, 0.15) is 16.8 Å². The molecule has 0 saturated carbocycles. The summed E-state index contributed by atoms with van der Waals surface area (Å²) in [6.07, 6.45) is 0. The van der Waals surface area contributed by atoms with Crippen molar-refractivity contribution in [2.45, 2.75) is 4.90 Å². The Kier molecular flexibility index (Phi) is 2.73. The summed E-state index contributed by atoms with van der Waals surface area (Å²) in [5, 5.41) is 8.34. The highest BCUT2D eigenvalue weighted by molar-refractivity contribution is 8.13. The van der Waals surface area contributed by atoms with Crippen LogP contribution in [0.3, 0.4) is 0 Å². The van der Waals surface area contributed by atoms with Crippen molar-refractivity contribution in [2.75, 3.05) is 0 Å². The quantitative estimate of drug-likeness (QED) is 0.700. The van der Waals surface area contributed by atoms with Crippen LogP contribution in [0, 0.1) is 23.0 Å². The molecule has 0 N–H and O–H groups in total. The molecule has 74 valence electrons. The molecule has 0 fully saturated rings. The van der Waals surface area contributed by atoms with E-state index in [4.69, 9.17) is 15.9 Å². The highest BCUT2D eigenvalue weighted by Crippen LogP contribution is 2.22. The summed E-state index contributed by atoms with van der Waals surface area (Å²) in [6.45, 7) is 0. The molecule has 0 atom stereocenters. The number of nitrogens with zero attached hydrogens (tertiary/aromatic N) is 1. The molecule has 0 unspecified atom stereocenters. The van der Waals surface area contributed by atoms with E-state index in [-0.39, 0.29) is 0 Å². The molecule has 0 aliphatic carbocycles. The van der Waals surface area contributed by atoms with Crippen molar-refractivity contribution in [3.05, 3.63) is 29.3 Å². The Balaban J connectivity index is 3.64. The Bertz CT molecular complexity index is 521. The molecule has 3 nitrogen and oxygen atoms in total. The topological polar surface area (TPSA) is 57.9 Å². The second-order valence-corrected chi connectivity index (χ2v) is 4.85. The lowest BCUT2D eigenvalue weighted by molar-refractivity contribution is 0.556. The van der Waals surface area contributed by atoms with E-state index in [2.05, 4.69) is 0 Å². The van der Waals surface area contributed by atoms with Gasteiger partial charge in [0.25, 0.3) is 9.05 Å². The third-order valence-electron chi connectivity index (χ3n) is 1.39. The van der Waals surface area contributed by atoms with Crippen LogP contribution in [0.15, 0.2) is 17.0 Å². The van der Waals surface area contributed by atoms with Gasteiger partial charge in [-0.1, -0.05) is 0 Å². The maximum atomic E-state index is 13.1. The van der Waals surface area contributed by atoms with Gasteiger partial charge in [-0.3, -0.25) is 0 Å². The number of hydrogen-bond donors (Lipinski definition) is 0. The Labute approximate surface area is 83.0 Å². The fraction of sp³-hybridized carbons (Fsp3) is 0. The molecule has 0 saturated heterocycles. The molecule has 0 aliphatic rings. The Morgan fingerprint density at radius 3 is 2.36 bits per heavy atom. The van der Waals surface area contributed by atoms with Gasteiger partial charge in [-0.15, -0.1) is 0 Å². The molecule has 0 amide bonds. The number of rotatable bonds is 1. The smallest absolute Gasteiger partial charge is 0.207 e. The fourth-order valence-electron chi connectivity index (χ4n) is 0.823. The molecule has 1 aromatic carbocycles. The average Bonchev–Trinajstić information content (AvgIpc) is 2.06. The predicted molar refractivity (Wildman–Crippen MR) is 44.1 cm³/mol. The van der Waals surface area contributed by atoms with E-state index in [0.29, 0.717) is 12.1 Å². The van der Waals surface area contributed by atoms with Gasteiger partial charge in [0.05, 0.1) is 5.56 Å². The van der Waals surface area contributed by atoms with Crippen LogP contribution < -0.4 is 0 Å². The van der Waals surface area contributed by atoms with Gasteiger partial charge in [-0.2, -0.15) is 5.26 Å². The van der Waals surface area contributed by atoms with E-state index in [1.807, 2.05) is 0 Å². The van der Waals surface area contributed by atoms with Crippen molar-refractivity contribution in [1.82, 2.24) is 0 Å². The van der Waals surface area contributed by atoms with E-state index >= 15 is 0 Å². The van der Waals surface area contributed by atoms with E-state index in [1.165, 1.54) is 6.07 Å². The number of halogens is 3. The van der Waals surface area contributed by atoms with Gasteiger partial charge in [0, 0.05) is 10.7 Å². The van der Waals surface area contributed by atoms with Crippen molar-refractivity contribution in [1.29, 1.82) is 5.26 Å². The van der Waals surface area contributed by atoms with Crippen LogP contribution in [-0.4, -0.2) is 8.42 Å². The minimum Gasteiger partial charge on any atom is -0.207 e. The third-order valence-corrected chi connectivity index (χ3v) is 2.71. The normalized spacial score (nSPS) is 11.0. The minimum absolute atomic E-state index is 0.415. The van der Waals surface area contributed by atoms with Crippen LogP contribution >= 0.6 is 10.7 Å². The number of benzene rings is 1. The molecule has 1 rings (SSSR count). The lowest BCUT2D eigenvalue weighted by Gasteiger charge is -2.00. The summed E-state index contributed by atoms with van der Waals surface area (Å²) in [6, 6.07) is 2.31. The lowest BCUT2D eigenvalue weighted by atomic mass is 10.2. The van der Waals surface area contributed by atoms with Gasteiger partial charge in [0.15, 0.2) is 5.82 Å².